The van der Waals surface area contributed by atoms with Crippen molar-refractivity contribution in [1.29, 1.82) is 0 Å². The predicted octanol–water partition coefficient (Wildman–Crippen LogP) is 15.3. The topological polar surface area (TPSA) is 175 Å². The van der Waals surface area contributed by atoms with E-state index >= 15 is 0 Å². The van der Waals surface area contributed by atoms with Crippen molar-refractivity contribution >= 4 is 11.9 Å². The van der Waals surface area contributed by atoms with Gasteiger partial charge in [-0.05, 0) is 57.8 Å². The van der Waals surface area contributed by atoms with Crippen molar-refractivity contribution in [3.8, 4) is 0 Å². The van der Waals surface area contributed by atoms with E-state index in [0.29, 0.717) is 19.4 Å². The Morgan fingerprint density at radius 3 is 1.31 bits per heavy atom. The average molecular weight is 1060 g/mol. The largest absolute Gasteiger partial charge is 0.466 e. The summed E-state index contributed by atoms with van der Waals surface area (Å²) < 4.78 is 16.7. The zero-order valence-electron chi connectivity index (χ0n) is 48.8. The van der Waals surface area contributed by atoms with Gasteiger partial charge < -0.3 is 45.1 Å². The summed E-state index contributed by atoms with van der Waals surface area (Å²) in [5.41, 5.74) is 0. The van der Waals surface area contributed by atoms with Gasteiger partial charge in [0.15, 0.2) is 6.29 Å². The molecule has 0 aromatic heterocycles. The molecule has 1 aliphatic rings. The molecule has 0 spiro atoms. The number of allylic oxidation sites excluding steroid dienone is 3. The van der Waals surface area contributed by atoms with E-state index in [1.54, 1.807) is 6.08 Å². The first-order chi connectivity index (χ1) is 36.7. The van der Waals surface area contributed by atoms with Gasteiger partial charge in [0.05, 0.1) is 32.0 Å². The van der Waals surface area contributed by atoms with Crippen molar-refractivity contribution in [2.24, 2.45) is 0 Å². The lowest BCUT2D eigenvalue weighted by Gasteiger charge is -2.40. The first kappa shape index (κ1) is 71.2. The monoisotopic (exact) mass is 1060 g/mol. The fourth-order valence-electron chi connectivity index (χ4n) is 10.2. The van der Waals surface area contributed by atoms with Gasteiger partial charge in [0.1, 0.15) is 24.4 Å². The van der Waals surface area contributed by atoms with Gasteiger partial charge >= 0.3 is 5.97 Å². The van der Waals surface area contributed by atoms with Gasteiger partial charge in [-0.25, -0.2) is 0 Å². The van der Waals surface area contributed by atoms with Crippen LogP contribution in [0.4, 0.5) is 0 Å². The van der Waals surface area contributed by atoms with E-state index < -0.39 is 49.5 Å². The van der Waals surface area contributed by atoms with Gasteiger partial charge in [-0.15, -0.1) is 0 Å². The van der Waals surface area contributed by atoms with Crippen LogP contribution in [0, 0.1) is 0 Å². The fourth-order valence-corrected chi connectivity index (χ4v) is 10.2. The third kappa shape index (κ3) is 43.7. The summed E-state index contributed by atoms with van der Waals surface area (Å²) in [5, 5.41) is 54.2. The summed E-state index contributed by atoms with van der Waals surface area (Å²) in [4.78, 5) is 25.0. The third-order valence-electron chi connectivity index (χ3n) is 15.3. The Bertz CT molecular complexity index is 1300. The van der Waals surface area contributed by atoms with Crippen molar-refractivity contribution in [3.63, 3.8) is 0 Å². The number of hydrogen-bond acceptors (Lipinski definition) is 10. The molecular formula is C64H121NO10. The molecule has 0 aliphatic carbocycles. The van der Waals surface area contributed by atoms with Gasteiger partial charge in [0.25, 0.3) is 0 Å². The van der Waals surface area contributed by atoms with Gasteiger partial charge in [0.2, 0.25) is 5.91 Å². The molecule has 7 unspecified atom stereocenters. The van der Waals surface area contributed by atoms with Gasteiger partial charge in [-0.1, -0.05) is 263 Å². The van der Waals surface area contributed by atoms with Crippen molar-refractivity contribution in [2.75, 3.05) is 19.8 Å². The molecule has 7 atom stereocenters. The van der Waals surface area contributed by atoms with E-state index in [1.165, 1.54) is 225 Å². The quantitative estimate of drug-likeness (QED) is 0.0195. The first-order valence-corrected chi connectivity index (χ1v) is 32.1. The molecule has 442 valence electrons. The molecule has 1 rings (SSSR count). The summed E-state index contributed by atoms with van der Waals surface area (Å²) in [6.07, 6.45) is 55.9. The number of ether oxygens (including phenoxy) is 3. The Balaban J connectivity index is 1.95. The van der Waals surface area contributed by atoms with Gasteiger partial charge in [-0.3, -0.25) is 9.59 Å². The summed E-state index contributed by atoms with van der Waals surface area (Å²) in [6.45, 7) is 4.31. The average Bonchev–Trinajstić information content (AvgIpc) is 3.41. The lowest BCUT2D eigenvalue weighted by Crippen LogP contribution is -2.60. The van der Waals surface area contributed by atoms with E-state index in [4.69, 9.17) is 14.2 Å². The number of unbranched alkanes of at least 4 members (excludes halogenated alkanes) is 40. The van der Waals surface area contributed by atoms with Crippen LogP contribution in [0.3, 0.4) is 0 Å². The molecule has 75 heavy (non-hydrogen) atoms. The highest BCUT2D eigenvalue weighted by Gasteiger charge is 2.44. The lowest BCUT2D eigenvalue weighted by molar-refractivity contribution is -0.302. The number of nitrogens with one attached hydrogen (secondary N) is 1. The standard InChI is InChI=1S/C64H121NO10/c1-3-5-7-9-11-13-14-32-36-40-44-48-52-60(69)73-53-49-45-41-37-33-30-28-26-24-22-20-18-16-15-17-19-21-23-25-27-29-31-35-39-43-47-51-59(68)65-56(57(67)50-46-42-38-34-12-10-8-6-4-2)55-74-64-63(72)62(71)61(70)58(54-66)75-64/h11,13,46,50,56-58,61-64,66-67,70-72H,3-10,12,14-45,47-49,51-55H2,1-2H3,(H,65,68)/b13-11-,50-46+. The van der Waals surface area contributed by atoms with E-state index in [9.17, 15) is 35.1 Å². The molecular weight excluding hydrogens is 943 g/mol. The number of aliphatic hydroxyl groups excluding tert-OH is 5. The number of esters is 1. The van der Waals surface area contributed by atoms with E-state index in [1.807, 2.05) is 6.08 Å². The maximum Gasteiger partial charge on any atom is 0.305 e. The Labute approximate surface area is 461 Å². The van der Waals surface area contributed by atoms with Crippen LogP contribution in [0.2, 0.25) is 0 Å². The number of amides is 1. The third-order valence-corrected chi connectivity index (χ3v) is 15.3. The lowest BCUT2D eigenvalue weighted by atomic mass is 9.99. The molecule has 1 aliphatic heterocycles. The molecule has 0 aromatic rings. The predicted molar refractivity (Wildman–Crippen MR) is 311 cm³/mol. The van der Waals surface area contributed by atoms with Crippen LogP contribution in [-0.4, -0.2) is 100 Å². The van der Waals surface area contributed by atoms with Crippen LogP contribution in [0.15, 0.2) is 24.3 Å². The van der Waals surface area contributed by atoms with E-state index in [2.05, 4.69) is 31.3 Å². The normalized spacial score (nSPS) is 18.8. The molecule has 0 radical (unpaired) electrons. The number of rotatable bonds is 56. The van der Waals surface area contributed by atoms with Crippen LogP contribution in [0.25, 0.3) is 0 Å². The van der Waals surface area contributed by atoms with Crippen molar-refractivity contribution in [2.45, 2.75) is 352 Å². The summed E-state index contributed by atoms with van der Waals surface area (Å²) in [5.74, 6) is -0.183. The number of carbonyl (C=O) groups is 2. The van der Waals surface area contributed by atoms with Crippen LogP contribution in [0.5, 0.6) is 0 Å². The Morgan fingerprint density at radius 1 is 0.480 bits per heavy atom. The maximum absolute atomic E-state index is 13.0. The molecule has 0 aromatic carbocycles. The Kier molecular flexibility index (Phi) is 51.3. The molecule has 1 heterocycles. The molecule has 0 bridgehead atoms. The van der Waals surface area contributed by atoms with Crippen LogP contribution < -0.4 is 5.32 Å². The Hall–Kier alpha value is -1.86. The number of carbonyl (C=O) groups excluding carboxylic acids is 2. The second kappa shape index (κ2) is 54.1. The molecule has 1 amide bonds. The minimum absolute atomic E-state index is 0.00280. The summed E-state index contributed by atoms with van der Waals surface area (Å²) in [7, 11) is 0. The summed E-state index contributed by atoms with van der Waals surface area (Å²) in [6, 6.07) is -0.806. The SMILES string of the molecule is CCCCC/C=C\CCCCCCCC(=O)OCCCCCCCCCCCCCCCCCCCCCCCCCCCCC(=O)NC(COC1OC(CO)C(O)C(O)C1O)C(O)/C=C/CCCCCCCCC. The van der Waals surface area contributed by atoms with E-state index in [-0.39, 0.29) is 18.5 Å². The minimum atomic E-state index is -1.57. The van der Waals surface area contributed by atoms with Gasteiger partial charge in [0, 0.05) is 12.8 Å². The molecule has 11 heteroatoms. The highest BCUT2D eigenvalue weighted by atomic mass is 16.7. The fraction of sp³-hybridized carbons (Fsp3) is 0.906. The maximum atomic E-state index is 13.0. The van der Waals surface area contributed by atoms with Crippen LogP contribution >= 0.6 is 0 Å². The molecule has 1 fully saturated rings. The Morgan fingerprint density at radius 2 is 0.853 bits per heavy atom. The summed E-state index contributed by atoms with van der Waals surface area (Å²) >= 11 is 0. The molecule has 0 saturated carbocycles. The second-order valence-corrected chi connectivity index (χ2v) is 22.5. The number of hydrogen-bond donors (Lipinski definition) is 6. The van der Waals surface area contributed by atoms with Crippen molar-refractivity contribution < 1.29 is 49.3 Å². The molecule has 6 N–H and O–H groups in total. The van der Waals surface area contributed by atoms with Crippen LogP contribution in [-0.2, 0) is 23.8 Å². The van der Waals surface area contributed by atoms with Crippen molar-refractivity contribution in [3.05, 3.63) is 24.3 Å². The zero-order valence-corrected chi connectivity index (χ0v) is 48.8. The van der Waals surface area contributed by atoms with Crippen molar-refractivity contribution in [1.82, 2.24) is 5.32 Å². The zero-order chi connectivity index (χ0) is 54.5. The minimum Gasteiger partial charge on any atom is -0.466 e. The smallest absolute Gasteiger partial charge is 0.305 e. The number of aliphatic hydroxyl groups is 5. The molecule has 1 saturated heterocycles. The van der Waals surface area contributed by atoms with Crippen LogP contribution in [0.1, 0.15) is 309 Å². The highest BCUT2D eigenvalue weighted by Crippen LogP contribution is 2.23. The first-order valence-electron chi connectivity index (χ1n) is 32.1. The van der Waals surface area contributed by atoms with Gasteiger partial charge in [-0.2, -0.15) is 0 Å². The highest BCUT2D eigenvalue weighted by molar-refractivity contribution is 5.76. The second-order valence-electron chi connectivity index (χ2n) is 22.5. The van der Waals surface area contributed by atoms with E-state index in [0.717, 1.165) is 57.8 Å². The molecule has 11 nitrogen and oxygen atoms in total.